The molecule has 0 saturated heterocycles. The van der Waals surface area contributed by atoms with Crippen LogP contribution in [0.4, 0.5) is 10.2 Å². The lowest BCUT2D eigenvalue weighted by molar-refractivity contribution is -0.114. The van der Waals surface area contributed by atoms with Crippen molar-refractivity contribution in [2.24, 2.45) is 0 Å². The SMILES string of the molecule is CC(=O)Nc1cn2nc(-c3cn(C4CC4)nc3-c3ccc(F)cc3)ccc2n1. The van der Waals surface area contributed by atoms with Gasteiger partial charge in [-0.05, 0) is 49.2 Å². The topological polar surface area (TPSA) is 77.1 Å². The van der Waals surface area contributed by atoms with Crippen LogP contribution in [0, 0.1) is 5.82 Å². The number of halogens is 1. The number of nitrogens with one attached hydrogen (secondary N) is 1. The third-order valence-electron chi connectivity index (χ3n) is 4.67. The summed E-state index contributed by atoms with van der Waals surface area (Å²) in [5, 5.41) is 12.1. The van der Waals surface area contributed by atoms with Crippen molar-refractivity contribution < 1.29 is 9.18 Å². The van der Waals surface area contributed by atoms with Crippen LogP contribution in [0.5, 0.6) is 0 Å². The van der Waals surface area contributed by atoms with E-state index in [9.17, 15) is 9.18 Å². The third-order valence-corrected chi connectivity index (χ3v) is 4.67. The van der Waals surface area contributed by atoms with Crippen molar-refractivity contribution in [3.05, 3.63) is 54.6 Å². The van der Waals surface area contributed by atoms with Gasteiger partial charge in [-0.25, -0.2) is 13.9 Å². The Hall–Kier alpha value is -3.55. The first-order chi connectivity index (χ1) is 13.6. The molecule has 1 aromatic carbocycles. The molecule has 1 aliphatic carbocycles. The van der Waals surface area contributed by atoms with Crippen molar-refractivity contribution >= 4 is 17.4 Å². The second kappa shape index (κ2) is 6.26. The zero-order valence-corrected chi connectivity index (χ0v) is 15.1. The maximum Gasteiger partial charge on any atom is 0.222 e. The molecule has 4 aromatic rings. The number of carbonyl (C=O) groups excluding carboxylic acids is 1. The highest BCUT2D eigenvalue weighted by molar-refractivity contribution is 5.88. The van der Waals surface area contributed by atoms with E-state index in [1.54, 1.807) is 22.8 Å². The van der Waals surface area contributed by atoms with Crippen molar-refractivity contribution in [3.8, 4) is 22.5 Å². The highest BCUT2D eigenvalue weighted by Gasteiger charge is 2.27. The molecule has 7 nitrogen and oxygen atoms in total. The molecule has 1 saturated carbocycles. The minimum Gasteiger partial charge on any atom is -0.310 e. The van der Waals surface area contributed by atoms with Crippen LogP contribution >= 0.6 is 0 Å². The van der Waals surface area contributed by atoms with Gasteiger partial charge in [-0.3, -0.25) is 9.48 Å². The Morgan fingerprint density at radius 3 is 2.61 bits per heavy atom. The molecule has 0 atom stereocenters. The van der Waals surface area contributed by atoms with Gasteiger partial charge in [-0.1, -0.05) is 0 Å². The Morgan fingerprint density at radius 1 is 1.11 bits per heavy atom. The van der Waals surface area contributed by atoms with Crippen LogP contribution in [0.25, 0.3) is 28.2 Å². The Labute approximate surface area is 159 Å². The summed E-state index contributed by atoms with van der Waals surface area (Å²) in [6, 6.07) is 10.4. The number of amides is 1. The van der Waals surface area contributed by atoms with Crippen LogP contribution in [0.2, 0.25) is 0 Å². The van der Waals surface area contributed by atoms with Crippen LogP contribution in [-0.2, 0) is 4.79 Å². The zero-order valence-electron chi connectivity index (χ0n) is 15.1. The molecule has 3 aromatic heterocycles. The molecule has 0 radical (unpaired) electrons. The third kappa shape index (κ3) is 3.02. The Kier molecular flexibility index (Phi) is 3.71. The first kappa shape index (κ1) is 16.6. The average molecular weight is 376 g/mol. The highest BCUT2D eigenvalue weighted by Crippen LogP contribution is 2.38. The maximum absolute atomic E-state index is 13.4. The van der Waals surface area contributed by atoms with Gasteiger partial charge in [-0.15, -0.1) is 0 Å². The summed E-state index contributed by atoms with van der Waals surface area (Å²) in [6.45, 7) is 1.43. The molecule has 0 aliphatic heterocycles. The molecular weight excluding hydrogens is 359 g/mol. The highest BCUT2D eigenvalue weighted by atomic mass is 19.1. The van der Waals surface area contributed by atoms with Crippen molar-refractivity contribution in [2.75, 3.05) is 5.32 Å². The average Bonchev–Trinajstić information content (AvgIpc) is 3.29. The Balaban J connectivity index is 1.61. The largest absolute Gasteiger partial charge is 0.310 e. The van der Waals surface area contributed by atoms with Gasteiger partial charge in [0, 0.05) is 24.2 Å². The molecule has 3 heterocycles. The minimum atomic E-state index is -0.282. The van der Waals surface area contributed by atoms with Gasteiger partial charge in [0.15, 0.2) is 11.5 Å². The summed E-state index contributed by atoms with van der Waals surface area (Å²) in [6.07, 6.45) is 5.88. The van der Waals surface area contributed by atoms with E-state index in [0.717, 1.165) is 35.4 Å². The number of anilines is 1. The number of carbonyl (C=O) groups is 1. The first-order valence-electron chi connectivity index (χ1n) is 9.06. The second-order valence-corrected chi connectivity index (χ2v) is 6.94. The van der Waals surface area contributed by atoms with Gasteiger partial charge in [-0.2, -0.15) is 10.2 Å². The Bertz CT molecular complexity index is 1190. The molecule has 1 N–H and O–H groups in total. The molecule has 0 unspecified atom stereocenters. The van der Waals surface area contributed by atoms with Crippen molar-refractivity contribution in [3.63, 3.8) is 0 Å². The van der Waals surface area contributed by atoms with Crippen molar-refractivity contribution in [1.29, 1.82) is 0 Å². The van der Waals surface area contributed by atoms with E-state index in [-0.39, 0.29) is 11.7 Å². The van der Waals surface area contributed by atoms with E-state index in [0.29, 0.717) is 17.5 Å². The van der Waals surface area contributed by atoms with E-state index >= 15 is 0 Å². The van der Waals surface area contributed by atoms with Gasteiger partial charge in [0.2, 0.25) is 5.91 Å². The quantitative estimate of drug-likeness (QED) is 0.589. The fourth-order valence-corrected chi connectivity index (χ4v) is 3.19. The van der Waals surface area contributed by atoms with Crippen molar-refractivity contribution in [2.45, 2.75) is 25.8 Å². The monoisotopic (exact) mass is 376 g/mol. The summed E-state index contributed by atoms with van der Waals surface area (Å²) in [7, 11) is 0. The lowest BCUT2D eigenvalue weighted by atomic mass is 10.1. The summed E-state index contributed by atoms with van der Waals surface area (Å²) in [4.78, 5) is 15.6. The van der Waals surface area contributed by atoms with E-state index in [1.807, 2.05) is 23.0 Å². The molecule has 8 heteroatoms. The maximum atomic E-state index is 13.4. The standard InChI is InChI=1S/C20H17FN6O/c1-12(28)22-18-11-27-19(23-18)9-8-17(24-27)16-10-26(15-6-7-15)25-20(16)13-2-4-14(21)5-3-13/h2-5,8-11,15H,6-7H2,1H3,(H,22,28). The second-order valence-electron chi connectivity index (χ2n) is 6.94. The number of fused-ring (bicyclic) bond motifs is 1. The molecule has 5 rings (SSSR count). The number of aromatic nitrogens is 5. The van der Waals surface area contributed by atoms with Gasteiger partial charge < -0.3 is 5.32 Å². The van der Waals surface area contributed by atoms with E-state index in [4.69, 9.17) is 5.10 Å². The van der Waals surface area contributed by atoms with Gasteiger partial charge in [0.25, 0.3) is 0 Å². The van der Waals surface area contributed by atoms with Crippen molar-refractivity contribution in [1.82, 2.24) is 24.4 Å². The van der Waals surface area contributed by atoms with Crippen LogP contribution in [-0.4, -0.2) is 30.3 Å². The predicted octanol–water partition coefficient (Wildman–Crippen LogP) is 3.69. The molecule has 1 fully saturated rings. The molecule has 1 aliphatic rings. The number of imidazole rings is 1. The first-order valence-corrected chi connectivity index (χ1v) is 9.06. The number of benzene rings is 1. The van der Waals surface area contributed by atoms with Crippen LogP contribution < -0.4 is 5.32 Å². The van der Waals surface area contributed by atoms with E-state index in [2.05, 4.69) is 15.4 Å². The summed E-state index contributed by atoms with van der Waals surface area (Å²) in [5.74, 6) is -0.0205. The normalized spacial score (nSPS) is 13.8. The zero-order chi connectivity index (χ0) is 19.3. The summed E-state index contributed by atoms with van der Waals surface area (Å²) < 4.78 is 17.0. The molecule has 0 bridgehead atoms. The smallest absolute Gasteiger partial charge is 0.222 e. The predicted molar refractivity (Wildman–Crippen MR) is 102 cm³/mol. The van der Waals surface area contributed by atoms with Crippen LogP contribution in [0.3, 0.4) is 0 Å². The number of nitrogens with zero attached hydrogens (tertiary/aromatic N) is 5. The fraction of sp³-hybridized carbons (Fsp3) is 0.200. The van der Waals surface area contributed by atoms with Gasteiger partial charge in [0.05, 0.1) is 17.9 Å². The minimum absolute atomic E-state index is 0.187. The number of rotatable bonds is 4. The van der Waals surface area contributed by atoms with E-state index in [1.165, 1.54) is 19.1 Å². The summed E-state index contributed by atoms with van der Waals surface area (Å²) >= 11 is 0. The fourth-order valence-electron chi connectivity index (χ4n) is 3.19. The summed E-state index contributed by atoms with van der Waals surface area (Å²) in [5.41, 5.74) is 3.83. The lowest BCUT2D eigenvalue weighted by Crippen LogP contribution is -2.05. The van der Waals surface area contributed by atoms with Gasteiger partial charge >= 0.3 is 0 Å². The van der Waals surface area contributed by atoms with E-state index < -0.39 is 0 Å². The Morgan fingerprint density at radius 2 is 1.89 bits per heavy atom. The molecule has 140 valence electrons. The number of hydrogen-bond acceptors (Lipinski definition) is 4. The number of hydrogen-bond donors (Lipinski definition) is 1. The van der Waals surface area contributed by atoms with Crippen LogP contribution in [0.1, 0.15) is 25.8 Å². The molecule has 1 amide bonds. The van der Waals surface area contributed by atoms with Gasteiger partial charge in [0.1, 0.15) is 11.5 Å². The molecular formula is C20H17FN6O. The van der Waals surface area contributed by atoms with Crippen LogP contribution in [0.15, 0.2) is 48.8 Å². The molecule has 0 spiro atoms. The molecule has 28 heavy (non-hydrogen) atoms. The lowest BCUT2D eigenvalue weighted by Gasteiger charge is -2.03.